The van der Waals surface area contributed by atoms with Gasteiger partial charge in [0.05, 0.1) is 12.2 Å². The number of ether oxygens (including phenoxy) is 1. The van der Waals surface area contributed by atoms with Crippen molar-refractivity contribution >= 4 is 0 Å². The van der Waals surface area contributed by atoms with Crippen molar-refractivity contribution in [3.05, 3.63) is 29.8 Å². The van der Waals surface area contributed by atoms with Crippen LogP contribution in [0.25, 0.3) is 0 Å². The van der Waals surface area contributed by atoms with Crippen molar-refractivity contribution in [1.82, 2.24) is 5.32 Å². The van der Waals surface area contributed by atoms with E-state index in [4.69, 9.17) is 4.74 Å². The number of rotatable bonds is 4. The molecule has 2 rings (SSSR count). The third-order valence-electron chi connectivity index (χ3n) is 3.19. The SMILES string of the molecule is CCOc1cccc(CC2(O)CCCNC2)c1. The van der Waals surface area contributed by atoms with Crippen molar-refractivity contribution in [1.29, 1.82) is 0 Å². The molecular formula is C14H21NO2. The average Bonchev–Trinajstić information content (AvgIpc) is 2.30. The van der Waals surface area contributed by atoms with Crippen LogP contribution in [0.15, 0.2) is 24.3 Å². The van der Waals surface area contributed by atoms with Gasteiger partial charge in [0.25, 0.3) is 0 Å². The van der Waals surface area contributed by atoms with Gasteiger partial charge in [-0.1, -0.05) is 12.1 Å². The lowest BCUT2D eigenvalue weighted by Crippen LogP contribution is -2.47. The van der Waals surface area contributed by atoms with E-state index in [0.717, 1.165) is 30.7 Å². The van der Waals surface area contributed by atoms with Crippen LogP contribution in [0.4, 0.5) is 0 Å². The molecule has 0 saturated carbocycles. The second kappa shape index (κ2) is 5.52. The first-order chi connectivity index (χ1) is 8.22. The summed E-state index contributed by atoms with van der Waals surface area (Å²) in [5.74, 6) is 0.886. The summed E-state index contributed by atoms with van der Waals surface area (Å²) in [6, 6.07) is 8.02. The Bertz CT molecular complexity index is 359. The number of nitrogens with one attached hydrogen (secondary N) is 1. The van der Waals surface area contributed by atoms with Crippen LogP contribution in [-0.4, -0.2) is 30.4 Å². The van der Waals surface area contributed by atoms with E-state index in [1.807, 2.05) is 25.1 Å². The van der Waals surface area contributed by atoms with Crippen LogP contribution in [0.1, 0.15) is 25.3 Å². The zero-order valence-corrected chi connectivity index (χ0v) is 10.4. The smallest absolute Gasteiger partial charge is 0.119 e. The second-order valence-electron chi connectivity index (χ2n) is 4.76. The molecule has 0 aliphatic carbocycles. The monoisotopic (exact) mass is 235 g/mol. The Morgan fingerprint density at radius 3 is 3.06 bits per heavy atom. The minimum absolute atomic E-state index is 0.594. The minimum Gasteiger partial charge on any atom is -0.494 e. The van der Waals surface area contributed by atoms with Crippen LogP contribution in [0.5, 0.6) is 5.75 Å². The molecule has 1 aliphatic heterocycles. The molecule has 3 nitrogen and oxygen atoms in total. The summed E-state index contributed by atoms with van der Waals surface area (Å²) < 4.78 is 5.47. The molecule has 1 atom stereocenters. The normalized spacial score (nSPS) is 24.6. The van der Waals surface area contributed by atoms with E-state index in [-0.39, 0.29) is 0 Å². The highest BCUT2D eigenvalue weighted by molar-refractivity contribution is 5.29. The molecule has 0 amide bonds. The summed E-state index contributed by atoms with van der Waals surface area (Å²) in [7, 11) is 0. The molecule has 1 fully saturated rings. The lowest BCUT2D eigenvalue weighted by Gasteiger charge is -2.32. The fourth-order valence-corrected chi connectivity index (χ4v) is 2.39. The molecule has 1 heterocycles. The first-order valence-corrected chi connectivity index (χ1v) is 6.37. The highest BCUT2D eigenvalue weighted by atomic mass is 16.5. The third-order valence-corrected chi connectivity index (χ3v) is 3.19. The van der Waals surface area contributed by atoms with Gasteiger partial charge < -0.3 is 15.2 Å². The molecule has 17 heavy (non-hydrogen) atoms. The van der Waals surface area contributed by atoms with E-state index in [9.17, 15) is 5.11 Å². The van der Waals surface area contributed by atoms with E-state index in [1.54, 1.807) is 0 Å². The Morgan fingerprint density at radius 2 is 2.35 bits per heavy atom. The number of hydrogen-bond acceptors (Lipinski definition) is 3. The van der Waals surface area contributed by atoms with Crippen LogP contribution in [0.3, 0.4) is 0 Å². The van der Waals surface area contributed by atoms with E-state index in [1.165, 1.54) is 0 Å². The Hall–Kier alpha value is -1.06. The van der Waals surface area contributed by atoms with Crippen LogP contribution in [0.2, 0.25) is 0 Å². The molecule has 0 aromatic heterocycles. The maximum atomic E-state index is 10.4. The molecule has 3 heteroatoms. The second-order valence-corrected chi connectivity index (χ2v) is 4.76. The topological polar surface area (TPSA) is 41.5 Å². The highest BCUT2D eigenvalue weighted by Crippen LogP contribution is 2.23. The van der Waals surface area contributed by atoms with Gasteiger partial charge in [0.1, 0.15) is 5.75 Å². The van der Waals surface area contributed by atoms with Crippen molar-refractivity contribution in [2.45, 2.75) is 31.8 Å². The van der Waals surface area contributed by atoms with Gasteiger partial charge in [-0.2, -0.15) is 0 Å². The molecular weight excluding hydrogens is 214 g/mol. The van der Waals surface area contributed by atoms with Crippen LogP contribution in [0, 0.1) is 0 Å². The Balaban J connectivity index is 2.04. The molecule has 2 N–H and O–H groups in total. The van der Waals surface area contributed by atoms with Gasteiger partial charge in [0.2, 0.25) is 0 Å². The maximum absolute atomic E-state index is 10.4. The van der Waals surface area contributed by atoms with Crippen LogP contribution in [-0.2, 0) is 6.42 Å². The lowest BCUT2D eigenvalue weighted by atomic mass is 9.87. The van der Waals surface area contributed by atoms with E-state index < -0.39 is 5.60 Å². The minimum atomic E-state index is -0.594. The summed E-state index contributed by atoms with van der Waals surface area (Å²) in [4.78, 5) is 0. The molecule has 0 radical (unpaired) electrons. The molecule has 1 aliphatic rings. The van der Waals surface area contributed by atoms with Crippen molar-refractivity contribution in [2.24, 2.45) is 0 Å². The van der Waals surface area contributed by atoms with E-state index in [2.05, 4.69) is 11.4 Å². The number of benzene rings is 1. The maximum Gasteiger partial charge on any atom is 0.119 e. The number of aliphatic hydroxyl groups is 1. The summed E-state index contributed by atoms with van der Waals surface area (Å²) >= 11 is 0. The summed E-state index contributed by atoms with van der Waals surface area (Å²) in [5, 5.41) is 13.7. The average molecular weight is 235 g/mol. The molecule has 1 aromatic rings. The zero-order valence-electron chi connectivity index (χ0n) is 10.4. The van der Waals surface area contributed by atoms with E-state index >= 15 is 0 Å². The Kier molecular flexibility index (Phi) is 4.02. The third kappa shape index (κ3) is 3.45. The fraction of sp³-hybridized carbons (Fsp3) is 0.571. The van der Waals surface area contributed by atoms with Crippen LogP contribution < -0.4 is 10.1 Å². The van der Waals surface area contributed by atoms with Crippen molar-refractivity contribution in [2.75, 3.05) is 19.7 Å². The standard InChI is InChI=1S/C14H21NO2/c1-2-17-13-6-3-5-12(9-13)10-14(16)7-4-8-15-11-14/h3,5-6,9,15-16H,2,4,7-8,10-11H2,1H3. The molecule has 0 bridgehead atoms. The Labute approximate surface area is 103 Å². The summed E-state index contributed by atoms with van der Waals surface area (Å²) in [6.45, 7) is 4.35. The molecule has 0 spiro atoms. The van der Waals surface area contributed by atoms with Crippen LogP contribution >= 0.6 is 0 Å². The Morgan fingerprint density at radius 1 is 1.47 bits per heavy atom. The van der Waals surface area contributed by atoms with Crippen molar-refractivity contribution in [3.63, 3.8) is 0 Å². The zero-order chi connectivity index (χ0) is 12.1. The molecule has 1 unspecified atom stereocenters. The van der Waals surface area contributed by atoms with Gasteiger partial charge in [0.15, 0.2) is 0 Å². The van der Waals surface area contributed by atoms with Gasteiger partial charge in [-0.05, 0) is 44.0 Å². The predicted molar refractivity (Wildman–Crippen MR) is 68.4 cm³/mol. The van der Waals surface area contributed by atoms with Crippen molar-refractivity contribution < 1.29 is 9.84 Å². The van der Waals surface area contributed by atoms with Crippen molar-refractivity contribution in [3.8, 4) is 5.75 Å². The number of piperidine rings is 1. The highest BCUT2D eigenvalue weighted by Gasteiger charge is 2.29. The van der Waals surface area contributed by atoms with Gasteiger partial charge in [0, 0.05) is 13.0 Å². The summed E-state index contributed by atoms with van der Waals surface area (Å²) in [5.41, 5.74) is 0.547. The first kappa shape index (κ1) is 12.4. The molecule has 94 valence electrons. The van der Waals surface area contributed by atoms with Gasteiger partial charge in [-0.15, -0.1) is 0 Å². The van der Waals surface area contributed by atoms with E-state index in [0.29, 0.717) is 19.6 Å². The van der Waals surface area contributed by atoms with Gasteiger partial charge in [-0.3, -0.25) is 0 Å². The summed E-state index contributed by atoms with van der Waals surface area (Å²) in [6.07, 6.45) is 2.61. The predicted octanol–water partition coefficient (Wildman–Crippen LogP) is 1.74. The lowest BCUT2D eigenvalue weighted by molar-refractivity contribution is 0.0169. The number of β-amino-alcohol motifs (C(OH)–C–C–N with tert-alkyl or cyclic N) is 1. The fourth-order valence-electron chi connectivity index (χ4n) is 2.39. The first-order valence-electron chi connectivity index (χ1n) is 6.37. The molecule has 1 aromatic carbocycles. The van der Waals surface area contributed by atoms with Gasteiger partial charge in [-0.25, -0.2) is 0 Å². The quantitative estimate of drug-likeness (QED) is 0.835. The molecule has 1 saturated heterocycles. The largest absolute Gasteiger partial charge is 0.494 e. The number of hydrogen-bond donors (Lipinski definition) is 2. The van der Waals surface area contributed by atoms with Gasteiger partial charge >= 0.3 is 0 Å².